The van der Waals surface area contributed by atoms with Gasteiger partial charge in [0.2, 0.25) is 11.9 Å². The van der Waals surface area contributed by atoms with Gasteiger partial charge >= 0.3 is 0 Å². The monoisotopic (exact) mass is 491 g/mol. The largest absolute Gasteiger partial charge is 0.369 e. The van der Waals surface area contributed by atoms with Crippen LogP contribution in [0.1, 0.15) is 24.8 Å². The van der Waals surface area contributed by atoms with E-state index in [2.05, 4.69) is 74.0 Å². The third-order valence-electron chi connectivity index (χ3n) is 8.03. The summed E-state index contributed by atoms with van der Waals surface area (Å²) in [5, 5.41) is 9.63. The highest BCUT2D eigenvalue weighted by atomic mass is 19.1. The minimum Gasteiger partial charge on any atom is -0.369 e. The van der Waals surface area contributed by atoms with E-state index in [4.69, 9.17) is 0 Å². The highest BCUT2D eigenvalue weighted by Crippen LogP contribution is 2.45. The molecule has 4 aliphatic rings. The van der Waals surface area contributed by atoms with Crippen molar-refractivity contribution in [1.82, 2.24) is 20.2 Å². The van der Waals surface area contributed by atoms with Crippen LogP contribution in [-0.2, 0) is 4.79 Å². The van der Waals surface area contributed by atoms with E-state index in [9.17, 15) is 9.18 Å². The summed E-state index contributed by atoms with van der Waals surface area (Å²) in [5.41, 5.74) is 3.26. The van der Waals surface area contributed by atoms with E-state index in [0.29, 0.717) is 12.0 Å². The summed E-state index contributed by atoms with van der Waals surface area (Å²) in [5.74, 6) is 0.176. The predicted molar refractivity (Wildman–Crippen MR) is 139 cm³/mol. The fourth-order valence-electron chi connectivity index (χ4n) is 5.85. The van der Waals surface area contributed by atoms with E-state index >= 15 is 0 Å². The number of carbonyl (C=O) groups is 1. The number of fused-ring (bicyclic) bond motifs is 2. The molecule has 4 atom stereocenters. The van der Waals surface area contributed by atoms with Crippen LogP contribution in [0.25, 0.3) is 0 Å². The molecular formula is C27H34FN7O. The number of aryl methyl sites for hydroxylation is 1. The number of hydrogen-bond donors (Lipinski definition) is 3. The lowest BCUT2D eigenvalue weighted by atomic mass is 9.88. The van der Waals surface area contributed by atoms with Crippen LogP contribution in [0.15, 0.2) is 36.5 Å². The van der Waals surface area contributed by atoms with Gasteiger partial charge in [0.05, 0.1) is 12.1 Å². The summed E-state index contributed by atoms with van der Waals surface area (Å²) in [6, 6.07) is 6.34. The maximum absolute atomic E-state index is 14.8. The van der Waals surface area contributed by atoms with Gasteiger partial charge in [-0.3, -0.25) is 4.79 Å². The third-order valence-corrected chi connectivity index (χ3v) is 8.03. The maximum Gasteiger partial charge on any atom is 0.229 e. The van der Waals surface area contributed by atoms with E-state index in [1.165, 1.54) is 17.4 Å². The summed E-state index contributed by atoms with van der Waals surface area (Å²) in [6.07, 6.45) is 8.48. The molecule has 2 saturated carbocycles. The third kappa shape index (κ3) is 4.64. The lowest BCUT2D eigenvalue weighted by Gasteiger charge is -2.35. The number of allylic oxidation sites excluding steroid dienone is 1. The Bertz CT molecular complexity index is 1170. The molecule has 1 aromatic carbocycles. The average molecular weight is 492 g/mol. The van der Waals surface area contributed by atoms with Gasteiger partial charge in [-0.15, -0.1) is 0 Å². The van der Waals surface area contributed by atoms with Crippen LogP contribution in [0.5, 0.6) is 0 Å². The molecule has 2 aromatic rings. The smallest absolute Gasteiger partial charge is 0.229 e. The quantitative estimate of drug-likeness (QED) is 0.513. The van der Waals surface area contributed by atoms with E-state index in [1.807, 2.05) is 6.07 Å². The van der Waals surface area contributed by atoms with Crippen molar-refractivity contribution in [2.75, 3.05) is 48.8 Å². The number of carbonyl (C=O) groups excluding carboxylic acids is 1. The SMILES string of the molecule is Cc1cc(Nc2ncc(F)c(NC3C4C=CC(C4)C3C(=O)NC3CC3)n2)ccc1N1CCN(C)CC1. The molecule has 3 aliphatic carbocycles. The molecule has 1 aromatic heterocycles. The Balaban J connectivity index is 1.16. The fourth-order valence-corrected chi connectivity index (χ4v) is 5.85. The van der Waals surface area contributed by atoms with Gasteiger partial charge in [-0.25, -0.2) is 9.37 Å². The molecule has 4 unspecified atom stereocenters. The van der Waals surface area contributed by atoms with Crippen LogP contribution in [-0.4, -0.2) is 66.1 Å². The van der Waals surface area contributed by atoms with Crippen molar-refractivity contribution in [3.05, 3.63) is 47.9 Å². The zero-order chi connectivity index (χ0) is 24.8. The molecule has 1 aliphatic heterocycles. The first kappa shape index (κ1) is 23.2. The van der Waals surface area contributed by atoms with Gasteiger partial charge in [0.15, 0.2) is 11.6 Å². The van der Waals surface area contributed by atoms with Gasteiger partial charge in [0.25, 0.3) is 0 Å². The van der Waals surface area contributed by atoms with E-state index in [1.54, 1.807) is 0 Å². The zero-order valence-electron chi connectivity index (χ0n) is 20.9. The molecule has 36 heavy (non-hydrogen) atoms. The Hall–Kier alpha value is -3.20. The molecular weight excluding hydrogens is 457 g/mol. The maximum atomic E-state index is 14.8. The molecule has 1 saturated heterocycles. The Labute approximate surface area is 211 Å². The number of hydrogen-bond acceptors (Lipinski definition) is 7. The Morgan fingerprint density at radius 2 is 1.89 bits per heavy atom. The minimum atomic E-state index is -0.518. The number of anilines is 4. The number of nitrogens with one attached hydrogen (secondary N) is 3. The Morgan fingerprint density at radius 1 is 1.11 bits per heavy atom. The van der Waals surface area contributed by atoms with Crippen molar-refractivity contribution >= 4 is 29.0 Å². The fraction of sp³-hybridized carbons (Fsp3) is 0.519. The first-order valence-electron chi connectivity index (χ1n) is 13.0. The van der Waals surface area contributed by atoms with Gasteiger partial charge in [0, 0.05) is 49.6 Å². The first-order valence-corrected chi connectivity index (χ1v) is 13.0. The number of benzene rings is 1. The lowest BCUT2D eigenvalue weighted by molar-refractivity contribution is -0.126. The molecule has 0 radical (unpaired) electrons. The Kier molecular flexibility index (Phi) is 6.03. The number of piperazine rings is 1. The van der Waals surface area contributed by atoms with Gasteiger partial charge in [-0.05, 0) is 68.8 Å². The van der Waals surface area contributed by atoms with Crippen molar-refractivity contribution in [2.24, 2.45) is 17.8 Å². The molecule has 190 valence electrons. The Morgan fingerprint density at radius 3 is 2.64 bits per heavy atom. The predicted octanol–water partition coefficient (Wildman–Crippen LogP) is 3.30. The van der Waals surface area contributed by atoms with Gasteiger partial charge in [0.1, 0.15) is 0 Å². The van der Waals surface area contributed by atoms with Gasteiger partial charge in [-0.1, -0.05) is 12.2 Å². The van der Waals surface area contributed by atoms with E-state index in [0.717, 1.165) is 51.1 Å². The molecule has 3 N–H and O–H groups in total. The molecule has 8 nitrogen and oxygen atoms in total. The standard InChI is InChI=1S/C27H34FN7O/c1-16-13-20(7-8-22(16)35-11-9-34(2)10-12-35)31-27-29-15-21(28)25(33-27)32-24-18-4-3-17(14-18)23(24)26(36)30-19-5-6-19/h3-4,7-8,13,15,17-19,23-24H,5-6,9-12,14H2,1-2H3,(H,30,36)(H2,29,31,32,33). The van der Waals surface area contributed by atoms with Crippen LogP contribution in [0, 0.1) is 30.5 Å². The highest BCUT2D eigenvalue weighted by Gasteiger charge is 2.49. The number of nitrogens with zero attached hydrogens (tertiary/aromatic N) is 4. The van der Waals surface area contributed by atoms with Crippen molar-refractivity contribution in [1.29, 1.82) is 0 Å². The number of likely N-dealkylation sites (N-methyl/N-ethyl adjacent to an activating group) is 1. The second kappa shape index (κ2) is 9.35. The van der Waals surface area contributed by atoms with Crippen LogP contribution in [0.2, 0.25) is 0 Å². The lowest BCUT2D eigenvalue weighted by Crippen LogP contribution is -2.44. The van der Waals surface area contributed by atoms with Gasteiger partial charge in [-0.2, -0.15) is 4.98 Å². The van der Waals surface area contributed by atoms with Crippen molar-refractivity contribution in [3.8, 4) is 0 Å². The summed E-state index contributed by atoms with van der Waals surface area (Å²) in [4.78, 5) is 26.3. The second-order valence-corrected chi connectivity index (χ2v) is 10.7. The molecule has 2 bridgehead atoms. The topological polar surface area (TPSA) is 85.4 Å². The molecule has 2 heterocycles. The van der Waals surface area contributed by atoms with Crippen molar-refractivity contribution in [2.45, 2.75) is 38.3 Å². The van der Waals surface area contributed by atoms with Crippen LogP contribution in [0.4, 0.5) is 27.5 Å². The highest BCUT2D eigenvalue weighted by molar-refractivity contribution is 5.82. The summed E-state index contributed by atoms with van der Waals surface area (Å²) >= 11 is 0. The molecule has 1 amide bonds. The van der Waals surface area contributed by atoms with Gasteiger partial charge < -0.3 is 25.8 Å². The zero-order valence-corrected chi connectivity index (χ0v) is 20.9. The van der Waals surface area contributed by atoms with Crippen LogP contribution in [0.3, 0.4) is 0 Å². The summed E-state index contributed by atoms with van der Waals surface area (Å²) in [6.45, 7) is 6.24. The molecule has 6 rings (SSSR count). The summed E-state index contributed by atoms with van der Waals surface area (Å²) < 4.78 is 14.8. The molecule has 3 fully saturated rings. The van der Waals surface area contributed by atoms with Crippen molar-refractivity contribution in [3.63, 3.8) is 0 Å². The number of rotatable bonds is 7. The number of amides is 1. The van der Waals surface area contributed by atoms with E-state index < -0.39 is 5.82 Å². The number of aromatic nitrogens is 2. The molecule has 9 heteroatoms. The van der Waals surface area contributed by atoms with Crippen LogP contribution < -0.4 is 20.9 Å². The second-order valence-electron chi connectivity index (χ2n) is 10.7. The van der Waals surface area contributed by atoms with Crippen LogP contribution >= 0.6 is 0 Å². The number of halogens is 1. The normalized spacial score (nSPS) is 27.4. The minimum absolute atomic E-state index is 0.0654. The first-order chi connectivity index (χ1) is 17.4. The van der Waals surface area contributed by atoms with E-state index in [-0.39, 0.29) is 35.5 Å². The average Bonchev–Trinajstić information content (AvgIpc) is 3.44. The van der Waals surface area contributed by atoms with Crippen molar-refractivity contribution < 1.29 is 9.18 Å². The summed E-state index contributed by atoms with van der Waals surface area (Å²) in [7, 11) is 2.15. The molecule has 0 spiro atoms.